The van der Waals surface area contributed by atoms with Crippen molar-refractivity contribution < 1.29 is 4.42 Å². The Morgan fingerprint density at radius 3 is 2.83 bits per heavy atom. The first kappa shape index (κ1) is 11.7. The van der Waals surface area contributed by atoms with Crippen LogP contribution < -0.4 is 5.43 Å². The number of hydrogen-bond acceptors (Lipinski definition) is 3. The van der Waals surface area contributed by atoms with E-state index < -0.39 is 0 Å². The standard InChI is InChI=1S/C14H9BrO2S/c15-7-9-1-2-13-11(5-9)12(16)6-14(17-13)10-3-4-18-8-10/h1-6,8H,7H2. The maximum absolute atomic E-state index is 12.1. The molecule has 0 amide bonds. The second kappa shape index (κ2) is 4.71. The van der Waals surface area contributed by atoms with Crippen LogP contribution in [-0.4, -0.2) is 0 Å². The molecule has 2 aromatic heterocycles. The molecule has 0 aliphatic carbocycles. The van der Waals surface area contributed by atoms with Gasteiger partial charge in [0, 0.05) is 22.3 Å². The molecule has 4 heteroatoms. The average Bonchev–Trinajstić information content (AvgIpc) is 2.92. The van der Waals surface area contributed by atoms with E-state index in [0.717, 1.165) is 16.5 Å². The van der Waals surface area contributed by atoms with Gasteiger partial charge in [0.2, 0.25) is 0 Å². The highest BCUT2D eigenvalue weighted by Crippen LogP contribution is 2.24. The van der Waals surface area contributed by atoms with Gasteiger partial charge in [-0.3, -0.25) is 4.79 Å². The predicted molar refractivity (Wildman–Crippen MR) is 78.4 cm³/mol. The highest BCUT2D eigenvalue weighted by Gasteiger charge is 2.07. The largest absolute Gasteiger partial charge is 0.456 e. The second-order valence-corrected chi connectivity index (χ2v) is 5.29. The first-order chi connectivity index (χ1) is 8.78. The second-order valence-electron chi connectivity index (χ2n) is 3.95. The quantitative estimate of drug-likeness (QED) is 0.654. The number of fused-ring (bicyclic) bond motifs is 1. The summed E-state index contributed by atoms with van der Waals surface area (Å²) < 4.78 is 5.78. The summed E-state index contributed by atoms with van der Waals surface area (Å²) in [4.78, 5) is 12.1. The minimum absolute atomic E-state index is 0.000231. The van der Waals surface area contributed by atoms with Gasteiger partial charge in [-0.2, -0.15) is 11.3 Å². The lowest BCUT2D eigenvalue weighted by atomic mass is 10.1. The van der Waals surface area contributed by atoms with E-state index in [1.807, 2.05) is 35.0 Å². The summed E-state index contributed by atoms with van der Waals surface area (Å²) in [5, 5.41) is 5.30. The Balaban J connectivity index is 2.26. The predicted octanol–water partition coefficient (Wildman–Crippen LogP) is 4.42. The Bertz CT molecular complexity index is 744. The molecule has 0 aliphatic heterocycles. The summed E-state index contributed by atoms with van der Waals surface area (Å²) in [5.41, 5.74) is 2.65. The fourth-order valence-electron chi connectivity index (χ4n) is 1.83. The van der Waals surface area contributed by atoms with Crippen LogP contribution in [0.15, 0.2) is 50.3 Å². The van der Waals surface area contributed by atoms with E-state index >= 15 is 0 Å². The molecular weight excluding hydrogens is 312 g/mol. The van der Waals surface area contributed by atoms with Crippen LogP contribution in [0.2, 0.25) is 0 Å². The molecule has 90 valence electrons. The Hall–Kier alpha value is -1.39. The summed E-state index contributed by atoms with van der Waals surface area (Å²) in [5.74, 6) is 0.625. The molecule has 0 saturated heterocycles. The molecule has 3 aromatic rings. The number of hydrogen-bond donors (Lipinski definition) is 0. The van der Waals surface area contributed by atoms with E-state index in [4.69, 9.17) is 4.42 Å². The van der Waals surface area contributed by atoms with Crippen LogP contribution >= 0.6 is 27.3 Å². The zero-order valence-electron chi connectivity index (χ0n) is 9.35. The number of halogens is 1. The van der Waals surface area contributed by atoms with Gasteiger partial charge in [-0.15, -0.1) is 0 Å². The van der Waals surface area contributed by atoms with Crippen LogP contribution in [0.4, 0.5) is 0 Å². The maximum atomic E-state index is 12.1. The molecular formula is C14H9BrO2S. The molecule has 0 N–H and O–H groups in total. The Kier molecular flexibility index (Phi) is 3.06. The van der Waals surface area contributed by atoms with Gasteiger partial charge in [0.05, 0.1) is 5.39 Å². The molecule has 0 radical (unpaired) electrons. The van der Waals surface area contributed by atoms with Crippen LogP contribution in [0.25, 0.3) is 22.3 Å². The monoisotopic (exact) mass is 320 g/mol. The molecule has 0 spiro atoms. The van der Waals surface area contributed by atoms with Gasteiger partial charge >= 0.3 is 0 Å². The minimum Gasteiger partial charge on any atom is -0.456 e. The van der Waals surface area contributed by atoms with Crippen molar-refractivity contribution in [1.29, 1.82) is 0 Å². The third-order valence-electron chi connectivity index (χ3n) is 2.75. The maximum Gasteiger partial charge on any atom is 0.193 e. The van der Waals surface area contributed by atoms with Gasteiger partial charge in [-0.25, -0.2) is 0 Å². The smallest absolute Gasteiger partial charge is 0.193 e. The molecule has 0 aliphatic rings. The topological polar surface area (TPSA) is 30.2 Å². The molecule has 2 nitrogen and oxygen atoms in total. The fraction of sp³-hybridized carbons (Fsp3) is 0.0714. The lowest BCUT2D eigenvalue weighted by molar-refractivity contribution is 0.619. The van der Waals surface area contributed by atoms with Gasteiger partial charge in [0.25, 0.3) is 0 Å². The average molecular weight is 321 g/mol. The molecule has 0 unspecified atom stereocenters. The Labute approximate surface area is 116 Å². The first-order valence-electron chi connectivity index (χ1n) is 5.43. The Morgan fingerprint density at radius 1 is 1.22 bits per heavy atom. The number of benzene rings is 1. The van der Waals surface area contributed by atoms with E-state index in [9.17, 15) is 4.79 Å². The summed E-state index contributed by atoms with van der Waals surface area (Å²) in [6, 6.07) is 9.18. The third kappa shape index (κ3) is 2.02. The van der Waals surface area contributed by atoms with Gasteiger partial charge in [-0.1, -0.05) is 22.0 Å². The molecule has 1 aromatic carbocycles. The van der Waals surface area contributed by atoms with E-state index in [0.29, 0.717) is 16.7 Å². The van der Waals surface area contributed by atoms with Crippen molar-refractivity contribution in [3.8, 4) is 11.3 Å². The molecule has 0 saturated carbocycles. The van der Waals surface area contributed by atoms with Crippen LogP contribution in [0.1, 0.15) is 5.56 Å². The number of alkyl halides is 1. The number of rotatable bonds is 2. The molecule has 0 bridgehead atoms. The summed E-state index contributed by atoms with van der Waals surface area (Å²) in [7, 11) is 0. The first-order valence-corrected chi connectivity index (χ1v) is 7.49. The summed E-state index contributed by atoms with van der Waals surface area (Å²) >= 11 is 4.97. The van der Waals surface area contributed by atoms with Crippen molar-refractivity contribution >= 4 is 38.2 Å². The van der Waals surface area contributed by atoms with Crippen molar-refractivity contribution in [2.75, 3.05) is 0 Å². The zero-order valence-corrected chi connectivity index (χ0v) is 11.8. The third-order valence-corrected chi connectivity index (χ3v) is 4.08. The van der Waals surface area contributed by atoms with Crippen LogP contribution in [-0.2, 0) is 5.33 Å². The van der Waals surface area contributed by atoms with Gasteiger partial charge in [0.1, 0.15) is 11.3 Å². The van der Waals surface area contributed by atoms with Gasteiger partial charge in [-0.05, 0) is 29.1 Å². The van der Waals surface area contributed by atoms with E-state index in [1.165, 1.54) is 0 Å². The molecule has 3 rings (SSSR count). The molecule has 0 fully saturated rings. The van der Waals surface area contributed by atoms with Crippen LogP contribution in [0.5, 0.6) is 0 Å². The molecule has 18 heavy (non-hydrogen) atoms. The molecule has 0 atom stereocenters. The van der Waals surface area contributed by atoms with Crippen molar-refractivity contribution in [2.24, 2.45) is 0 Å². The van der Waals surface area contributed by atoms with E-state index in [2.05, 4.69) is 15.9 Å². The highest BCUT2D eigenvalue weighted by molar-refractivity contribution is 9.08. The fourth-order valence-corrected chi connectivity index (χ4v) is 2.83. The molecule has 2 heterocycles. The van der Waals surface area contributed by atoms with Crippen LogP contribution in [0.3, 0.4) is 0 Å². The summed E-state index contributed by atoms with van der Waals surface area (Å²) in [6.07, 6.45) is 0. The lowest BCUT2D eigenvalue weighted by Gasteiger charge is -2.02. The summed E-state index contributed by atoms with van der Waals surface area (Å²) in [6.45, 7) is 0. The highest BCUT2D eigenvalue weighted by atomic mass is 79.9. The lowest BCUT2D eigenvalue weighted by Crippen LogP contribution is -2.00. The van der Waals surface area contributed by atoms with Gasteiger partial charge < -0.3 is 4.42 Å². The van der Waals surface area contributed by atoms with Crippen LogP contribution in [0, 0.1) is 0 Å². The van der Waals surface area contributed by atoms with Crippen molar-refractivity contribution in [3.63, 3.8) is 0 Å². The van der Waals surface area contributed by atoms with Crippen molar-refractivity contribution in [2.45, 2.75) is 5.33 Å². The Morgan fingerprint density at radius 2 is 2.11 bits per heavy atom. The zero-order chi connectivity index (χ0) is 12.5. The normalized spacial score (nSPS) is 10.9. The van der Waals surface area contributed by atoms with E-state index in [1.54, 1.807) is 17.4 Å². The number of thiophene rings is 1. The van der Waals surface area contributed by atoms with Crippen molar-refractivity contribution in [1.82, 2.24) is 0 Å². The SMILES string of the molecule is O=c1cc(-c2ccsc2)oc2ccc(CBr)cc12. The van der Waals surface area contributed by atoms with Gasteiger partial charge in [0.15, 0.2) is 5.43 Å². The minimum atomic E-state index is 0.000231. The van der Waals surface area contributed by atoms with Crippen molar-refractivity contribution in [3.05, 3.63) is 56.9 Å². The van der Waals surface area contributed by atoms with E-state index in [-0.39, 0.29) is 5.43 Å².